The van der Waals surface area contributed by atoms with Gasteiger partial charge in [-0.3, -0.25) is 0 Å². The Labute approximate surface area is 127 Å². The normalized spacial score (nSPS) is 12.5. The molecule has 0 aliphatic rings. The molecule has 0 fully saturated rings. The van der Waals surface area contributed by atoms with Gasteiger partial charge >= 0.3 is 0 Å². The summed E-state index contributed by atoms with van der Waals surface area (Å²) in [6.07, 6.45) is 1.55. The van der Waals surface area contributed by atoms with Crippen molar-refractivity contribution in [3.63, 3.8) is 0 Å². The second-order valence-corrected chi connectivity index (χ2v) is 5.30. The zero-order valence-electron chi connectivity index (χ0n) is 11.9. The van der Waals surface area contributed by atoms with Crippen LogP contribution in [-0.2, 0) is 12.8 Å². The van der Waals surface area contributed by atoms with Crippen LogP contribution in [0.25, 0.3) is 0 Å². The highest BCUT2D eigenvalue weighted by molar-refractivity contribution is 6.22. The lowest BCUT2D eigenvalue weighted by Crippen LogP contribution is -2.05. The third-order valence-electron chi connectivity index (χ3n) is 3.61. The van der Waals surface area contributed by atoms with Gasteiger partial charge in [0.2, 0.25) is 0 Å². The van der Waals surface area contributed by atoms with Crippen LogP contribution in [0.5, 0.6) is 0 Å². The summed E-state index contributed by atoms with van der Waals surface area (Å²) < 4.78 is 40.3. The summed E-state index contributed by atoms with van der Waals surface area (Å²) in [6, 6.07) is 7.94. The van der Waals surface area contributed by atoms with E-state index in [0.717, 1.165) is 35.6 Å². The van der Waals surface area contributed by atoms with Gasteiger partial charge in [0.15, 0.2) is 17.5 Å². The third kappa shape index (κ3) is 3.08. The molecular weight excluding hydrogens is 297 g/mol. The molecule has 2 aromatic carbocycles. The average molecular weight is 313 g/mol. The molecule has 0 saturated heterocycles. The predicted octanol–water partition coefficient (Wildman–Crippen LogP) is 5.56. The SMILES string of the molecule is CCc1ccc(CC)c(C(Cl)c2ccc(F)c(F)c2F)c1. The van der Waals surface area contributed by atoms with Gasteiger partial charge in [-0.05, 0) is 35.6 Å². The summed E-state index contributed by atoms with van der Waals surface area (Å²) >= 11 is 6.34. The van der Waals surface area contributed by atoms with Crippen LogP contribution in [0.15, 0.2) is 30.3 Å². The van der Waals surface area contributed by atoms with Crippen LogP contribution >= 0.6 is 11.6 Å². The molecule has 2 rings (SSSR count). The molecule has 0 aliphatic heterocycles. The molecule has 2 aromatic rings. The monoisotopic (exact) mass is 312 g/mol. The van der Waals surface area contributed by atoms with Crippen molar-refractivity contribution in [2.75, 3.05) is 0 Å². The first-order chi connectivity index (χ1) is 9.99. The molecule has 1 unspecified atom stereocenters. The van der Waals surface area contributed by atoms with E-state index < -0.39 is 22.8 Å². The fraction of sp³-hybridized carbons (Fsp3) is 0.294. The maximum atomic E-state index is 13.9. The number of alkyl halides is 1. The van der Waals surface area contributed by atoms with Gasteiger partial charge in [0.05, 0.1) is 5.38 Å². The average Bonchev–Trinajstić information content (AvgIpc) is 2.51. The van der Waals surface area contributed by atoms with E-state index >= 15 is 0 Å². The fourth-order valence-corrected chi connectivity index (χ4v) is 2.70. The van der Waals surface area contributed by atoms with Crippen molar-refractivity contribution in [1.29, 1.82) is 0 Å². The third-order valence-corrected chi connectivity index (χ3v) is 4.08. The van der Waals surface area contributed by atoms with Gasteiger partial charge in [0, 0.05) is 5.56 Å². The summed E-state index contributed by atoms with van der Waals surface area (Å²) in [5.41, 5.74) is 2.73. The minimum Gasteiger partial charge on any atom is -0.204 e. The molecule has 0 radical (unpaired) electrons. The smallest absolute Gasteiger partial charge is 0.194 e. The van der Waals surface area contributed by atoms with E-state index in [1.807, 2.05) is 32.0 Å². The number of hydrogen-bond acceptors (Lipinski definition) is 0. The Kier molecular flexibility index (Phi) is 4.94. The Morgan fingerprint density at radius 3 is 2.24 bits per heavy atom. The molecule has 0 nitrogen and oxygen atoms in total. The van der Waals surface area contributed by atoms with Crippen molar-refractivity contribution in [2.45, 2.75) is 32.1 Å². The molecule has 0 N–H and O–H groups in total. The molecule has 0 aliphatic carbocycles. The summed E-state index contributed by atoms with van der Waals surface area (Å²) in [7, 11) is 0. The van der Waals surface area contributed by atoms with Crippen LogP contribution in [0.1, 0.15) is 41.5 Å². The Hall–Kier alpha value is -1.48. The van der Waals surface area contributed by atoms with Gasteiger partial charge in [0.25, 0.3) is 0 Å². The molecule has 0 amide bonds. The summed E-state index contributed by atoms with van der Waals surface area (Å²) in [5.74, 6) is -3.92. The molecule has 0 aromatic heterocycles. The highest BCUT2D eigenvalue weighted by Crippen LogP contribution is 2.34. The molecule has 1 atom stereocenters. The number of aryl methyl sites for hydroxylation is 2. The molecule has 112 valence electrons. The predicted molar refractivity (Wildman–Crippen MR) is 79.2 cm³/mol. The van der Waals surface area contributed by atoms with E-state index in [1.165, 1.54) is 6.07 Å². The second-order valence-electron chi connectivity index (χ2n) is 4.87. The van der Waals surface area contributed by atoms with E-state index in [0.29, 0.717) is 0 Å². The Morgan fingerprint density at radius 2 is 1.62 bits per heavy atom. The van der Waals surface area contributed by atoms with Gasteiger partial charge in [-0.15, -0.1) is 11.6 Å². The van der Waals surface area contributed by atoms with E-state index in [9.17, 15) is 13.2 Å². The maximum absolute atomic E-state index is 13.9. The Morgan fingerprint density at radius 1 is 0.905 bits per heavy atom. The van der Waals surface area contributed by atoms with Crippen LogP contribution in [0.4, 0.5) is 13.2 Å². The minimum atomic E-state index is -1.48. The van der Waals surface area contributed by atoms with Crippen molar-refractivity contribution < 1.29 is 13.2 Å². The van der Waals surface area contributed by atoms with Gasteiger partial charge in [-0.25, -0.2) is 13.2 Å². The Balaban J connectivity index is 2.54. The molecule has 4 heteroatoms. The number of halogens is 4. The van der Waals surface area contributed by atoms with Gasteiger partial charge in [0.1, 0.15) is 0 Å². The lowest BCUT2D eigenvalue weighted by molar-refractivity contribution is 0.441. The van der Waals surface area contributed by atoms with E-state index in [-0.39, 0.29) is 5.56 Å². The van der Waals surface area contributed by atoms with Gasteiger partial charge in [-0.1, -0.05) is 38.1 Å². The van der Waals surface area contributed by atoms with Crippen molar-refractivity contribution in [3.05, 3.63) is 70.0 Å². The number of rotatable bonds is 4. The first-order valence-electron chi connectivity index (χ1n) is 6.88. The van der Waals surface area contributed by atoms with Gasteiger partial charge in [-0.2, -0.15) is 0 Å². The summed E-state index contributed by atoms with van der Waals surface area (Å²) in [4.78, 5) is 0. The van der Waals surface area contributed by atoms with Crippen LogP contribution in [-0.4, -0.2) is 0 Å². The summed E-state index contributed by atoms with van der Waals surface area (Å²) in [6.45, 7) is 3.97. The lowest BCUT2D eigenvalue weighted by atomic mass is 9.94. The van der Waals surface area contributed by atoms with Crippen LogP contribution in [0.2, 0.25) is 0 Å². The first-order valence-corrected chi connectivity index (χ1v) is 7.32. The molecule has 21 heavy (non-hydrogen) atoms. The molecular formula is C17H16ClF3. The van der Waals surface area contributed by atoms with Crippen LogP contribution in [0, 0.1) is 17.5 Å². The second kappa shape index (κ2) is 6.52. The molecule has 0 saturated carbocycles. The van der Waals surface area contributed by atoms with Crippen LogP contribution < -0.4 is 0 Å². The molecule has 0 bridgehead atoms. The largest absolute Gasteiger partial charge is 0.204 e. The molecule has 0 spiro atoms. The highest BCUT2D eigenvalue weighted by Gasteiger charge is 2.22. The van der Waals surface area contributed by atoms with Gasteiger partial charge < -0.3 is 0 Å². The van der Waals surface area contributed by atoms with Crippen molar-refractivity contribution in [3.8, 4) is 0 Å². The Bertz CT molecular complexity index is 653. The highest BCUT2D eigenvalue weighted by atomic mass is 35.5. The minimum absolute atomic E-state index is 0.0430. The first kappa shape index (κ1) is 15.9. The zero-order chi connectivity index (χ0) is 15.6. The number of benzene rings is 2. The fourth-order valence-electron chi connectivity index (χ4n) is 2.33. The molecule has 0 heterocycles. The lowest BCUT2D eigenvalue weighted by Gasteiger charge is -2.17. The van der Waals surface area contributed by atoms with E-state index in [1.54, 1.807) is 0 Å². The van der Waals surface area contributed by atoms with E-state index in [4.69, 9.17) is 11.6 Å². The topological polar surface area (TPSA) is 0 Å². The van der Waals surface area contributed by atoms with Crippen molar-refractivity contribution >= 4 is 11.6 Å². The quantitative estimate of drug-likeness (QED) is 0.512. The van der Waals surface area contributed by atoms with Crippen molar-refractivity contribution in [2.24, 2.45) is 0 Å². The maximum Gasteiger partial charge on any atom is 0.194 e. The van der Waals surface area contributed by atoms with Crippen LogP contribution in [0.3, 0.4) is 0 Å². The number of hydrogen-bond donors (Lipinski definition) is 0. The standard InChI is InChI=1S/C17H16ClF3/c1-3-10-5-6-11(4-2)13(9-10)15(18)12-7-8-14(19)17(21)16(12)20/h5-9,15H,3-4H2,1-2H3. The van der Waals surface area contributed by atoms with Crippen molar-refractivity contribution in [1.82, 2.24) is 0 Å². The van der Waals surface area contributed by atoms with E-state index in [2.05, 4.69) is 0 Å². The summed E-state index contributed by atoms with van der Waals surface area (Å²) in [5, 5.41) is -0.846. The zero-order valence-corrected chi connectivity index (χ0v) is 12.6.